The fourth-order valence-electron chi connectivity index (χ4n) is 3.24. The van der Waals surface area contributed by atoms with Crippen LogP contribution in [0.3, 0.4) is 0 Å². The van der Waals surface area contributed by atoms with Crippen LogP contribution in [0.25, 0.3) is 0 Å². The zero-order valence-electron chi connectivity index (χ0n) is 14.0. The Balaban J connectivity index is 1.52. The topological polar surface area (TPSA) is 77.1 Å². The van der Waals surface area contributed by atoms with E-state index in [9.17, 15) is 4.79 Å². The number of rotatable bonds is 5. The second kappa shape index (κ2) is 7.34. The summed E-state index contributed by atoms with van der Waals surface area (Å²) in [6.45, 7) is 6.32. The molecule has 3 rings (SSSR count). The van der Waals surface area contributed by atoms with E-state index in [0.29, 0.717) is 18.8 Å². The van der Waals surface area contributed by atoms with Crippen LogP contribution in [-0.2, 0) is 17.8 Å². The summed E-state index contributed by atoms with van der Waals surface area (Å²) in [4.78, 5) is 14.4. The first-order valence-electron chi connectivity index (χ1n) is 8.36. The highest BCUT2D eigenvalue weighted by Crippen LogP contribution is 2.27. The molecule has 8 heteroatoms. The van der Waals surface area contributed by atoms with E-state index >= 15 is 0 Å². The Hall–Kier alpha value is -1.89. The van der Waals surface area contributed by atoms with Gasteiger partial charge in [0.2, 0.25) is 11.1 Å². The third-order valence-electron chi connectivity index (χ3n) is 4.72. The van der Waals surface area contributed by atoms with Crippen LogP contribution in [0.5, 0.6) is 0 Å². The van der Waals surface area contributed by atoms with Crippen LogP contribution in [0.1, 0.15) is 49.2 Å². The summed E-state index contributed by atoms with van der Waals surface area (Å²) in [6.07, 6.45) is 4.63. The Morgan fingerprint density at radius 1 is 1.42 bits per heavy atom. The number of aryl methyl sites for hydroxylation is 2. The Bertz CT molecular complexity index is 684. The molecule has 3 heterocycles. The van der Waals surface area contributed by atoms with Gasteiger partial charge in [-0.1, -0.05) is 5.16 Å². The number of carbonyl (C=O) groups excluding carboxylic acids is 1. The lowest BCUT2D eigenvalue weighted by Crippen LogP contribution is -2.38. The van der Waals surface area contributed by atoms with Gasteiger partial charge in [0.1, 0.15) is 12.2 Å². The van der Waals surface area contributed by atoms with Crippen molar-refractivity contribution in [3.05, 3.63) is 28.6 Å². The molecule has 24 heavy (non-hydrogen) atoms. The van der Waals surface area contributed by atoms with Crippen LogP contribution in [0.15, 0.2) is 10.9 Å². The molecule has 0 unspecified atom stereocenters. The minimum atomic E-state index is 0.155. The fourth-order valence-corrected chi connectivity index (χ4v) is 3.51. The minimum absolute atomic E-state index is 0.155. The van der Waals surface area contributed by atoms with Gasteiger partial charge in [-0.15, -0.1) is 10.2 Å². The van der Waals surface area contributed by atoms with Crippen molar-refractivity contribution in [2.75, 3.05) is 13.1 Å². The molecule has 1 saturated heterocycles. The molecule has 0 bridgehead atoms. The first-order valence-corrected chi connectivity index (χ1v) is 8.74. The summed E-state index contributed by atoms with van der Waals surface area (Å²) in [5, 5.41) is 12.4. The zero-order chi connectivity index (χ0) is 17.1. The molecule has 0 atom stereocenters. The van der Waals surface area contributed by atoms with E-state index in [1.807, 2.05) is 11.8 Å². The zero-order valence-corrected chi connectivity index (χ0v) is 14.8. The Morgan fingerprint density at radius 2 is 2.17 bits per heavy atom. The predicted octanol–water partition coefficient (Wildman–Crippen LogP) is 2.59. The van der Waals surface area contributed by atoms with Crippen molar-refractivity contribution in [2.45, 2.75) is 52.0 Å². The highest BCUT2D eigenvalue weighted by atomic mass is 35.5. The van der Waals surface area contributed by atoms with Crippen molar-refractivity contribution >= 4 is 17.5 Å². The molecule has 130 valence electrons. The van der Waals surface area contributed by atoms with E-state index in [1.165, 1.54) is 0 Å². The molecule has 7 nitrogen and oxygen atoms in total. The van der Waals surface area contributed by atoms with Gasteiger partial charge in [0.05, 0.1) is 5.69 Å². The lowest BCUT2D eigenvalue weighted by Gasteiger charge is -2.31. The van der Waals surface area contributed by atoms with Crippen molar-refractivity contribution in [1.82, 2.24) is 24.8 Å². The molecule has 0 aliphatic carbocycles. The van der Waals surface area contributed by atoms with Gasteiger partial charge in [0.15, 0.2) is 0 Å². The van der Waals surface area contributed by atoms with Crippen LogP contribution >= 0.6 is 11.6 Å². The van der Waals surface area contributed by atoms with E-state index in [2.05, 4.69) is 26.8 Å². The molecule has 2 aromatic heterocycles. The van der Waals surface area contributed by atoms with Gasteiger partial charge in [0.25, 0.3) is 0 Å². The van der Waals surface area contributed by atoms with Crippen LogP contribution in [0.4, 0.5) is 0 Å². The predicted molar refractivity (Wildman–Crippen MR) is 88.8 cm³/mol. The average Bonchev–Trinajstić information content (AvgIpc) is 3.20. The number of hydrogen-bond donors (Lipinski definition) is 0. The minimum Gasteiger partial charge on any atom is -0.344 e. The molecule has 1 amide bonds. The average molecular weight is 352 g/mol. The molecule has 0 aromatic carbocycles. The third-order valence-corrected chi connectivity index (χ3v) is 5.02. The van der Waals surface area contributed by atoms with E-state index in [1.54, 1.807) is 6.33 Å². The summed E-state index contributed by atoms with van der Waals surface area (Å²) in [7, 11) is 0. The van der Waals surface area contributed by atoms with Crippen LogP contribution in [-0.4, -0.2) is 43.8 Å². The van der Waals surface area contributed by atoms with E-state index in [-0.39, 0.29) is 11.1 Å². The van der Waals surface area contributed by atoms with Gasteiger partial charge in [-0.25, -0.2) is 0 Å². The third kappa shape index (κ3) is 3.45. The molecule has 1 aliphatic heterocycles. The highest BCUT2D eigenvalue weighted by molar-refractivity contribution is 6.29. The summed E-state index contributed by atoms with van der Waals surface area (Å²) in [5.41, 5.74) is 1.58. The quantitative estimate of drug-likeness (QED) is 0.827. The maximum atomic E-state index is 12.4. The first kappa shape index (κ1) is 17.0. The van der Waals surface area contributed by atoms with Gasteiger partial charge in [0, 0.05) is 37.5 Å². The Morgan fingerprint density at radius 3 is 2.79 bits per heavy atom. The van der Waals surface area contributed by atoms with Crippen LogP contribution in [0, 0.1) is 6.92 Å². The molecular formula is C16H22ClN5O2. The van der Waals surface area contributed by atoms with Crippen LogP contribution in [0.2, 0.25) is 5.22 Å². The van der Waals surface area contributed by atoms with Crippen molar-refractivity contribution in [1.29, 1.82) is 0 Å². The molecule has 0 saturated carbocycles. The summed E-state index contributed by atoms with van der Waals surface area (Å²) in [5.74, 6) is 1.57. The monoisotopic (exact) mass is 351 g/mol. The van der Waals surface area contributed by atoms with Crippen molar-refractivity contribution in [3.8, 4) is 0 Å². The van der Waals surface area contributed by atoms with Gasteiger partial charge < -0.3 is 14.0 Å². The van der Waals surface area contributed by atoms with Crippen molar-refractivity contribution in [2.24, 2.45) is 0 Å². The number of amides is 1. The standard InChI is InChI=1S/C16H22ClN5O2/c1-3-21-10-18-19-16(21)12-6-8-22(9-7-12)14(23)5-4-13-11(2)20-24-15(13)17/h10,12H,3-9H2,1-2H3. The number of likely N-dealkylation sites (tertiary alicyclic amines) is 1. The second-order valence-corrected chi connectivity index (χ2v) is 6.49. The number of hydrogen-bond acceptors (Lipinski definition) is 5. The van der Waals surface area contributed by atoms with Crippen molar-refractivity contribution < 1.29 is 9.32 Å². The molecule has 0 radical (unpaired) electrons. The molecule has 1 fully saturated rings. The first-order chi connectivity index (χ1) is 11.6. The van der Waals surface area contributed by atoms with Gasteiger partial charge in [-0.05, 0) is 44.7 Å². The van der Waals surface area contributed by atoms with Crippen LogP contribution < -0.4 is 0 Å². The molecule has 0 N–H and O–H groups in total. The number of aromatic nitrogens is 4. The van der Waals surface area contributed by atoms with E-state index in [0.717, 1.165) is 49.6 Å². The smallest absolute Gasteiger partial charge is 0.229 e. The SMILES string of the molecule is CCn1cnnc1C1CCN(C(=O)CCc2c(C)noc2Cl)CC1. The summed E-state index contributed by atoms with van der Waals surface area (Å²) in [6, 6.07) is 0. The van der Waals surface area contributed by atoms with Gasteiger partial charge >= 0.3 is 0 Å². The van der Waals surface area contributed by atoms with Crippen molar-refractivity contribution in [3.63, 3.8) is 0 Å². The lowest BCUT2D eigenvalue weighted by molar-refractivity contribution is -0.132. The second-order valence-electron chi connectivity index (χ2n) is 6.15. The molecular weight excluding hydrogens is 330 g/mol. The lowest BCUT2D eigenvalue weighted by atomic mass is 9.95. The Kier molecular flexibility index (Phi) is 5.18. The van der Waals surface area contributed by atoms with Gasteiger partial charge in [-0.2, -0.15) is 0 Å². The van der Waals surface area contributed by atoms with E-state index < -0.39 is 0 Å². The highest BCUT2D eigenvalue weighted by Gasteiger charge is 2.26. The number of carbonyl (C=O) groups is 1. The molecule has 0 spiro atoms. The van der Waals surface area contributed by atoms with E-state index in [4.69, 9.17) is 16.1 Å². The summed E-state index contributed by atoms with van der Waals surface area (Å²) < 4.78 is 7.01. The fraction of sp³-hybridized carbons (Fsp3) is 0.625. The molecule has 1 aliphatic rings. The summed E-state index contributed by atoms with van der Waals surface area (Å²) >= 11 is 5.95. The van der Waals surface area contributed by atoms with Gasteiger partial charge in [-0.3, -0.25) is 4.79 Å². The maximum Gasteiger partial charge on any atom is 0.229 e. The maximum absolute atomic E-state index is 12.4. The molecule has 2 aromatic rings. The number of nitrogens with zero attached hydrogens (tertiary/aromatic N) is 5. The normalized spacial score (nSPS) is 15.9. The Labute approximate surface area is 146 Å². The number of piperidine rings is 1. The number of halogens is 1. The largest absolute Gasteiger partial charge is 0.344 e.